The third-order valence-corrected chi connectivity index (χ3v) is 5.66. The molecule has 3 aliphatic rings. The Hall–Kier alpha value is -0.370. The first-order valence-corrected chi connectivity index (χ1v) is 6.33. The van der Waals surface area contributed by atoms with Crippen LogP contribution in [-0.4, -0.2) is 18.4 Å². The van der Waals surface area contributed by atoms with Crippen LogP contribution in [0.15, 0.2) is 0 Å². The molecule has 2 saturated carbocycles. The molecule has 2 heteroatoms. The van der Waals surface area contributed by atoms with Crippen LogP contribution in [0.25, 0.3) is 0 Å². The van der Waals surface area contributed by atoms with Crippen molar-refractivity contribution in [2.45, 2.75) is 52.0 Å². The van der Waals surface area contributed by atoms with E-state index in [-0.39, 0.29) is 10.8 Å². The third-order valence-electron chi connectivity index (χ3n) is 5.66. The van der Waals surface area contributed by atoms with Crippen molar-refractivity contribution in [2.24, 2.45) is 16.7 Å². The zero-order valence-electron chi connectivity index (χ0n) is 9.81. The lowest BCUT2D eigenvalue weighted by Gasteiger charge is -2.42. The molecule has 1 heterocycles. The summed E-state index contributed by atoms with van der Waals surface area (Å²) in [5, 5.41) is 3.46. The molecule has 0 aromatic heterocycles. The molecule has 0 aromatic carbocycles. The van der Waals surface area contributed by atoms with Crippen molar-refractivity contribution in [1.82, 2.24) is 5.32 Å². The average molecular weight is 207 g/mol. The summed E-state index contributed by atoms with van der Waals surface area (Å²) in [6.45, 7) is 5.81. The maximum absolute atomic E-state index is 12.2. The van der Waals surface area contributed by atoms with Gasteiger partial charge in [0.2, 0.25) is 0 Å². The van der Waals surface area contributed by atoms with Crippen LogP contribution in [-0.2, 0) is 4.79 Å². The molecule has 2 bridgehead atoms. The van der Waals surface area contributed by atoms with Gasteiger partial charge in [-0.2, -0.15) is 0 Å². The second-order valence-corrected chi connectivity index (χ2v) is 6.31. The van der Waals surface area contributed by atoms with E-state index >= 15 is 0 Å². The van der Waals surface area contributed by atoms with Gasteiger partial charge in [0.1, 0.15) is 5.78 Å². The van der Waals surface area contributed by atoms with Crippen LogP contribution in [0.3, 0.4) is 0 Å². The number of carbonyl (C=O) groups excluding carboxylic acids is 1. The van der Waals surface area contributed by atoms with Crippen LogP contribution in [0, 0.1) is 16.7 Å². The van der Waals surface area contributed by atoms with Crippen LogP contribution >= 0.6 is 0 Å². The lowest BCUT2D eigenvalue weighted by molar-refractivity contribution is -0.130. The highest BCUT2D eigenvalue weighted by Gasteiger charge is 2.64. The minimum atomic E-state index is 0.0375. The Balaban J connectivity index is 1.89. The SMILES string of the molecule is CC1(C)[C@H]2CC[C@]1(C[C@H]1CCN1)C(=O)C2. The van der Waals surface area contributed by atoms with Crippen molar-refractivity contribution in [2.75, 3.05) is 6.54 Å². The van der Waals surface area contributed by atoms with Gasteiger partial charge in [-0.05, 0) is 43.6 Å². The molecule has 1 aliphatic heterocycles. The molecule has 3 fully saturated rings. The fraction of sp³-hybridized carbons (Fsp3) is 0.923. The molecule has 84 valence electrons. The second kappa shape index (κ2) is 2.85. The van der Waals surface area contributed by atoms with Gasteiger partial charge in [0.25, 0.3) is 0 Å². The van der Waals surface area contributed by atoms with E-state index < -0.39 is 0 Å². The van der Waals surface area contributed by atoms with E-state index in [1.165, 1.54) is 12.8 Å². The Labute approximate surface area is 91.8 Å². The number of fused-ring (bicyclic) bond motifs is 2. The van der Waals surface area contributed by atoms with Crippen LogP contribution in [0.1, 0.15) is 46.0 Å². The molecule has 3 rings (SSSR count). The highest BCUT2D eigenvalue weighted by Crippen LogP contribution is 2.65. The Morgan fingerprint density at radius 2 is 2.13 bits per heavy atom. The second-order valence-electron chi connectivity index (χ2n) is 6.31. The maximum Gasteiger partial charge on any atom is 0.139 e. The Morgan fingerprint density at radius 1 is 1.40 bits per heavy atom. The van der Waals surface area contributed by atoms with Gasteiger partial charge in [-0.15, -0.1) is 0 Å². The summed E-state index contributed by atoms with van der Waals surface area (Å²) in [6.07, 6.45) is 5.68. The van der Waals surface area contributed by atoms with E-state index in [4.69, 9.17) is 0 Å². The quantitative estimate of drug-likeness (QED) is 0.751. The van der Waals surface area contributed by atoms with Crippen LogP contribution in [0.4, 0.5) is 0 Å². The lowest BCUT2D eigenvalue weighted by Crippen LogP contribution is -2.49. The Kier molecular flexibility index (Phi) is 1.87. The van der Waals surface area contributed by atoms with Gasteiger partial charge < -0.3 is 5.32 Å². The standard InChI is InChI=1S/C13H21NO/c1-12(2)9-3-5-13(12,11(15)7-9)8-10-4-6-14-10/h9-10,14H,3-8H2,1-2H3/t9-,10+,13-/m0/s1. The van der Waals surface area contributed by atoms with Crippen molar-refractivity contribution >= 4 is 5.78 Å². The monoisotopic (exact) mass is 207 g/mol. The van der Waals surface area contributed by atoms with Crippen molar-refractivity contribution < 1.29 is 4.79 Å². The molecule has 1 saturated heterocycles. The number of hydrogen-bond acceptors (Lipinski definition) is 2. The first-order valence-electron chi connectivity index (χ1n) is 6.33. The summed E-state index contributed by atoms with van der Waals surface area (Å²) in [7, 11) is 0. The molecular formula is C13H21NO. The number of hydrogen-bond donors (Lipinski definition) is 1. The molecule has 0 unspecified atom stereocenters. The maximum atomic E-state index is 12.2. The van der Waals surface area contributed by atoms with Crippen LogP contribution < -0.4 is 5.32 Å². The Morgan fingerprint density at radius 3 is 2.53 bits per heavy atom. The van der Waals surface area contributed by atoms with Crippen molar-refractivity contribution in [1.29, 1.82) is 0 Å². The van der Waals surface area contributed by atoms with E-state index in [0.717, 1.165) is 25.8 Å². The topological polar surface area (TPSA) is 29.1 Å². The largest absolute Gasteiger partial charge is 0.314 e. The summed E-state index contributed by atoms with van der Waals surface area (Å²) in [6, 6.07) is 0.630. The molecule has 15 heavy (non-hydrogen) atoms. The highest BCUT2D eigenvalue weighted by molar-refractivity contribution is 5.89. The zero-order chi connectivity index (χ0) is 10.7. The summed E-state index contributed by atoms with van der Waals surface area (Å²) >= 11 is 0. The number of carbonyl (C=O) groups is 1. The van der Waals surface area contributed by atoms with E-state index in [1.807, 2.05) is 0 Å². The molecule has 0 aromatic rings. The number of Topliss-reactive ketones (excluding diaryl/α,β-unsaturated/α-hetero) is 1. The zero-order valence-corrected chi connectivity index (χ0v) is 9.81. The molecule has 0 amide bonds. The van der Waals surface area contributed by atoms with Gasteiger partial charge in [0.15, 0.2) is 0 Å². The summed E-state index contributed by atoms with van der Waals surface area (Å²) in [4.78, 5) is 12.2. The smallest absolute Gasteiger partial charge is 0.139 e. The molecule has 2 aliphatic carbocycles. The molecule has 0 spiro atoms. The predicted octanol–water partition coefficient (Wildman–Crippen LogP) is 2.13. The van der Waals surface area contributed by atoms with Crippen molar-refractivity contribution in [3.05, 3.63) is 0 Å². The molecule has 2 nitrogen and oxygen atoms in total. The van der Waals surface area contributed by atoms with E-state index in [1.54, 1.807) is 0 Å². The summed E-state index contributed by atoms with van der Waals surface area (Å²) < 4.78 is 0. The first-order chi connectivity index (χ1) is 7.06. The molecule has 3 atom stereocenters. The van der Waals surface area contributed by atoms with E-state index in [9.17, 15) is 4.79 Å². The van der Waals surface area contributed by atoms with Gasteiger partial charge in [-0.25, -0.2) is 0 Å². The first kappa shape index (κ1) is 9.83. The van der Waals surface area contributed by atoms with Gasteiger partial charge >= 0.3 is 0 Å². The minimum Gasteiger partial charge on any atom is -0.314 e. The molecule has 1 N–H and O–H groups in total. The van der Waals surface area contributed by atoms with Crippen LogP contribution in [0.5, 0.6) is 0 Å². The summed E-state index contributed by atoms with van der Waals surface area (Å²) in [5.74, 6) is 1.24. The minimum absolute atomic E-state index is 0.0375. The lowest BCUT2D eigenvalue weighted by atomic mass is 9.65. The van der Waals surface area contributed by atoms with E-state index in [0.29, 0.717) is 17.7 Å². The highest BCUT2D eigenvalue weighted by atomic mass is 16.1. The number of rotatable bonds is 2. The predicted molar refractivity (Wildman–Crippen MR) is 59.6 cm³/mol. The van der Waals surface area contributed by atoms with E-state index in [2.05, 4.69) is 19.2 Å². The van der Waals surface area contributed by atoms with Crippen molar-refractivity contribution in [3.8, 4) is 0 Å². The summed E-state index contributed by atoms with van der Waals surface area (Å²) in [5.41, 5.74) is 0.303. The van der Waals surface area contributed by atoms with Gasteiger partial charge in [-0.3, -0.25) is 4.79 Å². The van der Waals surface area contributed by atoms with Gasteiger partial charge in [0, 0.05) is 17.9 Å². The Bertz CT molecular complexity index is 306. The molecular weight excluding hydrogens is 186 g/mol. The molecule has 0 radical (unpaired) electrons. The normalized spacial score (nSPS) is 46.9. The fourth-order valence-corrected chi connectivity index (χ4v) is 4.19. The van der Waals surface area contributed by atoms with Crippen molar-refractivity contribution in [3.63, 3.8) is 0 Å². The number of ketones is 1. The fourth-order valence-electron chi connectivity index (χ4n) is 4.19. The third kappa shape index (κ3) is 1.06. The number of nitrogens with one attached hydrogen (secondary N) is 1. The van der Waals surface area contributed by atoms with Crippen LogP contribution in [0.2, 0.25) is 0 Å². The average Bonchev–Trinajstić information content (AvgIpc) is 2.44. The van der Waals surface area contributed by atoms with Gasteiger partial charge in [0.05, 0.1) is 0 Å². The van der Waals surface area contributed by atoms with Gasteiger partial charge in [-0.1, -0.05) is 13.8 Å².